The molecule has 4 nitrogen and oxygen atoms in total. The minimum Gasteiger partial charge on any atom is -0.289 e. The molecule has 0 spiro atoms. The van der Waals surface area contributed by atoms with Gasteiger partial charge in [0.15, 0.2) is 0 Å². The lowest BCUT2D eigenvalue weighted by Gasteiger charge is -1.95. The molecule has 0 bridgehead atoms. The van der Waals surface area contributed by atoms with E-state index < -0.39 is 5.91 Å². The van der Waals surface area contributed by atoms with Gasteiger partial charge < -0.3 is 0 Å². The second-order valence-corrected chi connectivity index (χ2v) is 3.85. The molecule has 1 rings (SSSR count). The number of thiazole rings is 1. The number of carbonyl (C=O) groups excluding carboxylic acids is 1. The van der Waals surface area contributed by atoms with Gasteiger partial charge in [0.05, 0.1) is 17.1 Å². The highest BCUT2D eigenvalue weighted by Gasteiger charge is 2.08. The lowest BCUT2D eigenvalue weighted by Crippen LogP contribution is -2.21. The summed E-state index contributed by atoms with van der Waals surface area (Å²) < 4.78 is 0. The number of hydroxylamine groups is 1. The predicted octanol–water partition coefficient (Wildman–Crippen LogP) is 0.808. The van der Waals surface area contributed by atoms with E-state index in [-0.39, 0.29) is 6.42 Å². The van der Waals surface area contributed by atoms with Gasteiger partial charge in [0.1, 0.15) is 0 Å². The van der Waals surface area contributed by atoms with Crippen molar-refractivity contribution in [3.8, 4) is 0 Å². The molecule has 0 fully saturated rings. The third kappa shape index (κ3) is 2.02. The molecule has 0 aliphatic carbocycles. The maximum atomic E-state index is 10.7. The molecule has 0 aliphatic heterocycles. The van der Waals surface area contributed by atoms with Crippen LogP contribution in [0, 0.1) is 13.8 Å². The smallest absolute Gasteiger partial charge is 0.249 e. The highest BCUT2D eigenvalue weighted by atomic mass is 32.1. The van der Waals surface area contributed by atoms with E-state index in [1.54, 1.807) is 16.8 Å². The Morgan fingerprint density at radius 2 is 2.33 bits per heavy atom. The molecular formula is C7H10N2O2S. The van der Waals surface area contributed by atoms with Crippen molar-refractivity contribution in [2.75, 3.05) is 0 Å². The normalized spacial score (nSPS) is 9.92. The Morgan fingerprint density at radius 1 is 1.67 bits per heavy atom. The summed E-state index contributed by atoms with van der Waals surface area (Å²) in [4.78, 5) is 15.9. The number of aromatic nitrogens is 1. The Hall–Kier alpha value is -0.940. The minimum absolute atomic E-state index is 0.146. The largest absolute Gasteiger partial charge is 0.289 e. The van der Waals surface area contributed by atoms with Crippen LogP contribution in [0.15, 0.2) is 0 Å². The molecule has 1 aromatic rings. The minimum atomic E-state index is -0.427. The summed E-state index contributed by atoms with van der Waals surface area (Å²) in [6.45, 7) is 3.79. The van der Waals surface area contributed by atoms with Crippen molar-refractivity contribution < 1.29 is 10.0 Å². The molecule has 5 heteroatoms. The molecule has 1 heterocycles. The number of nitrogens with one attached hydrogen (secondary N) is 1. The Morgan fingerprint density at radius 3 is 2.75 bits per heavy atom. The summed E-state index contributed by atoms with van der Waals surface area (Å²) >= 11 is 1.55. The average Bonchev–Trinajstić information content (AvgIpc) is 2.30. The molecular weight excluding hydrogens is 176 g/mol. The molecule has 0 radical (unpaired) electrons. The van der Waals surface area contributed by atoms with E-state index in [1.165, 1.54) is 0 Å². The standard InChI is InChI=1S/C7H10N2O2S/c1-4-6(3-7(10)9-11)8-5(2)12-4/h11H,3H2,1-2H3,(H,9,10). The highest BCUT2D eigenvalue weighted by Crippen LogP contribution is 2.16. The van der Waals surface area contributed by atoms with Crippen LogP contribution in [0.1, 0.15) is 15.6 Å². The number of amides is 1. The van der Waals surface area contributed by atoms with E-state index in [1.807, 2.05) is 13.8 Å². The van der Waals surface area contributed by atoms with Crippen LogP contribution in [0.3, 0.4) is 0 Å². The second kappa shape index (κ2) is 3.64. The fraction of sp³-hybridized carbons (Fsp3) is 0.429. The molecule has 2 N–H and O–H groups in total. The van der Waals surface area contributed by atoms with Crippen LogP contribution in [0.5, 0.6) is 0 Å². The first-order valence-corrected chi connectivity index (χ1v) is 4.31. The van der Waals surface area contributed by atoms with Crippen molar-refractivity contribution in [1.82, 2.24) is 10.5 Å². The van der Waals surface area contributed by atoms with Gasteiger partial charge in [-0.1, -0.05) is 0 Å². The zero-order valence-electron chi connectivity index (χ0n) is 6.92. The quantitative estimate of drug-likeness (QED) is 0.530. The monoisotopic (exact) mass is 186 g/mol. The number of aryl methyl sites for hydroxylation is 2. The van der Waals surface area contributed by atoms with Crippen LogP contribution in [0.4, 0.5) is 0 Å². The predicted molar refractivity (Wildman–Crippen MR) is 45.2 cm³/mol. The summed E-state index contributed by atoms with van der Waals surface area (Å²) in [5.41, 5.74) is 2.32. The van der Waals surface area contributed by atoms with Gasteiger partial charge in [-0.05, 0) is 13.8 Å². The van der Waals surface area contributed by atoms with E-state index in [4.69, 9.17) is 5.21 Å². The fourth-order valence-corrected chi connectivity index (χ4v) is 1.76. The van der Waals surface area contributed by atoms with Crippen molar-refractivity contribution in [3.63, 3.8) is 0 Å². The molecule has 66 valence electrons. The van der Waals surface area contributed by atoms with E-state index in [2.05, 4.69) is 4.98 Å². The maximum absolute atomic E-state index is 10.7. The Kier molecular flexibility index (Phi) is 2.78. The van der Waals surface area contributed by atoms with Gasteiger partial charge in [-0.2, -0.15) is 0 Å². The Bertz CT molecular complexity index is 296. The van der Waals surface area contributed by atoms with Gasteiger partial charge in [-0.15, -0.1) is 11.3 Å². The number of hydrogen-bond acceptors (Lipinski definition) is 4. The van der Waals surface area contributed by atoms with E-state index >= 15 is 0 Å². The molecule has 0 aromatic carbocycles. The first-order valence-electron chi connectivity index (χ1n) is 3.49. The van der Waals surface area contributed by atoms with E-state index in [0.717, 1.165) is 15.6 Å². The van der Waals surface area contributed by atoms with Gasteiger partial charge in [0.2, 0.25) is 5.91 Å². The molecule has 0 unspecified atom stereocenters. The molecule has 1 amide bonds. The van der Waals surface area contributed by atoms with Crippen molar-refractivity contribution in [2.24, 2.45) is 0 Å². The molecule has 0 aliphatic rings. The lowest BCUT2D eigenvalue weighted by molar-refractivity contribution is -0.128. The fourth-order valence-electron chi connectivity index (χ4n) is 0.928. The van der Waals surface area contributed by atoms with Crippen molar-refractivity contribution in [2.45, 2.75) is 20.3 Å². The van der Waals surface area contributed by atoms with Crippen LogP contribution in [0.2, 0.25) is 0 Å². The van der Waals surface area contributed by atoms with Gasteiger partial charge in [0, 0.05) is 4.88 Å². The van der Waals surface area contributed by atoms with E-state index in [0.29, 0.717) is 0 Å². The Labute approximate surface area is 74.2 Å². The van der Waals surface area contributed by atoms with Crippen molar-refractivity contribution in [3.05, 3.63) is 15.6 Å². The van der Waals surface area contributed by atoms with Crippen LogP contribution >= 0.6 is 11.3 Å². The molecule has 1 aromatic heterocycles. The van der Waals surface area contributed by atoms with Crippen LogP contribution < -0.4 is 5.48 Å². The first kappa shape index (κ1) is 9.15. The summed E-state index contributed by atoms with van der Waals surface area (Å²) in [5.74, 6) is -0.427. The average molecular weight is 186 g/mol. The molecule has 0 atom stereocenters. The summed E-state index contributed by atoms with van der Waals surface area (Å²) in [6, 6.07) is 0. The van der Waals surface area contributed by atoms with Gasteiger partial charge in [-0.25, -0.2) is 10.5 Å². The maximum Gasteiger partial charge on any atom is 0.249 e. The van der Waals surface area contributed by atoms with Crippen molar-refractivity contribution >= 4 is 17.2 Å². The van der Waals surface area contributed by atoms with Crippen LogP contribution in [0.25, 0.3) is 0 Å². The summed E-state index contributed by atoms with van der Waals surface area (Å²) in [5, 5.41) is 9.21. The SMILES string of the molecule is Cc1nc(CC(=O)NO)c(C)s1. The van der Waals surface area contributed by atoms with Crippen LogP contribution in [-0.2, 0) is 11.2 Å². The van der Waals surface area contributed by atoms with E-state index in [9.17, 15) is 4.79 Å². The topological polar surface area (TPSA) is 62.2 Å². The number of carbonyl (C=O) groups is 1. The second-order valence-electron chi connectivity index (χ2n) is 2.45. The summed E-state index contributed by atoms with van der Waals surface area (Å²) in [6.07, 6.45) is 0.146. The molecule has 0 saturated carbocycles. The summed E-state index contributed by atoms with van der Waals surface area (Å²) in [7, 11) is 0. The number of rotatable bonds is 2. The molecule has 0 saturated heterocycles. The molecule has 12 heavy (non-hydrogen) atoms. The Balaban J connectivity index is 2.75. The first-order chi connectivity index (χ1) is 5.63. The van der Waals surface area contributed by atoms with Gasteiger partial charge >= 0.3 is 0 Å². The van der Waals surface area contributed by atoms with Gasteiger partial charge in [0.25, 0.3) is 0 Å². The third-order valence-corrected chi connectivity index (χ3v) is 2.38. The van der Waals surface area contributed by atoms with Crippen LogP contribution in [-0.4, -0.2) is 16.1 Å². The number of hydrogen-bond donors (Lipinski definition) is 2. The third-order valence-electron chi connectivity index (χ3n) is 1.45. The zero-order valence-corrected chi connectivity index (χ0v) is 7.73. The lowest BCUT2D eigenvalue weighted by atomic mass is 10.3. The zero-order chi connectivity index (χ0) is 9.14. The van der Waals surface area contributed by atoms with Crippen molar-refractivity contribution in [1.29, 1.82) is 0 Å². The van der Waals surface area contributed by atoms with Gasteiger partial charge in [-0.3, -0.25) is 10.0 Å². The number of nitrogens with zero attached hydrogens (tertiary/aromatic N) is 1. The highest BCUT2D eigenvalue weighted by molar-refractivity contribution is 7.11.